The molecule has 0 radical (unpaired) electrons. The van der Waals surface area contributed by atoms with Crippen LogP contribution in [0.4, 0.5) is 5.69 Å². The highest BCUT2D eigenvalue weighted by atomic mass is 32.2. The van der Waals surface area contributed by atoms with Gasteiger partial charge in [-0.25, -0.2) is 0 Å². The van der Waals surface area contributed by atoms with Crippen molar-refractivity contribution < 1.29 is 14.5 Å². The van der Waals surface area contributed by atoms with Gasteiger partial charge in [-0.15, -0.1) is 11.3 Å². The normalized spacial score (nSPS) is 17.4. The van der Waals surface area contributed by atoms with Crippen molar-refractivity contribution in [1.82, 2.24) is 10.4 Å². The molecule has 1 fully saturated rings. The molecule has 1 aliphatic carbocycles. The van der Waals surface area contributed by atoms with Crippen LogP contribution >= 0.6 is 35.3 Å². The zero-order chi connectivity index (χ0) is 22.0. The quantitative estimate of drug-likeness (QED) is 0.296. The lowest BCUT2D eigenvalue weighted by molar-refractivity contribution is -0.385. The summed E-state index contributed by atoms with van der Waals surface area (Å²) in [5.41, 5.74) is 4.71. The van der Waals surface area contributed by atoms with Gasteiger partial charge in [0, 0.05) is 16.3 Å². The Morgan fingerprint density at radius 3 is 2.84 bits per heavy atom. The third-order valence-electron chi connectivity index (χ3n) is 4.97. The maximum Gasteiger partial charge on any atom is 0.285 e. The summed E-state index contributed by atoms with van der Waals surface area (Å²) in [7, 11) is 0. The van der Waals surface area contributed by atoms with E-state index in [0.717, 1.165) is 48.0 Å². The first-order chi connectivity index (χ1) is 15.0. The molecular weight excluding hydrogens is 454 g/mol. The van der Waals surface area contributed by atoms with E-state index in [-0.39, 0.29) is 15.9 Å². The predicted octanol–water partition coefficient (Wildman–Crippen LogP) is 4.64. The van der Waals surface area contributed by atoms with E-state index in [2.05, 4.69) is 5.43 Å². The number of nitrogens with zero attached hydrogens (tertiary/aromatic N) is 2. The van der Waals surface area contributed by atoms with Gasteiger partial charge in [0.25, 0.3) is 17.5 Å². The second-order valence-corrected chi connectivity index (χ2v) is 9.55. The fraction of sp³-hybridized carbons (Fsp3) is 0.190. The van der Waals surface area contributed by atoms with Crippen LogP contribution in [0.25, 0.3) is 6.08 Å². The summed E-state index contributed by atoms with van der Waals surface area (Å²) in [6.07, 6.45) is 8.70. The Hall–Kier alpha value is -2.82. The molecular formula is C21H17N3O4S3. The number of nitro groups is 1. The largest absolute Gasteiger partial charge is 0.285 e. The van der Waals surface area contributed by atoms with E-state index >= 15 is 0 Å². The zero-order valence-corrected chi connectivity index (χ0v) is 18.6. The first-order valence-corrected chi connectivity index (χ1v) is 11.6. The van der Waals surface area contributed by atoms with Gasteiger partial charge in [0.1, 0.15) is 0 Å². The van der Waals surface area contributed by atoms with E-state index in [1.807, 2.05) is 5.38 Å². The molecule has 31 heavy (non-hydrogen) atoms. The zero-order valence-electron chi connectivity index (χ0n) is 16.2. The molecule has 0 saturated carbocycles. The Morgan fingerprint density at radius 2 is 2.03 bits per heavy atom. The first-order valence-electron chi connectivity index (χ1n) is 9.54. The van der Waals surface area contributed by atoms with E-state index in [9.17, 15) is 19.7 Å². The number of nitrogens with one attached hydrogen (secondary N) is 1. The van der Waals surface area contributed by atoms with Crippen LogP contribution in [0.2, 0.25) is 0 Å². The Kier molecular flexibility index (Phi) is 6.30. The standard InChI is InChI=1S/C21H17N3O4S3/c25-19(15-12-30-17-10-4-2-8-14(15)17)22-23-20(26)18(31-21(23)29)11-5-7-13-6-1-3-9-16(13)24(27)28/h1,3,5-7,9,11-12H,2,4,8,10H2,(H,22,25)/b7-5+,18-11-. The van der Waals surface area contributed by atoms with Gasteiger partial charge in [0.2, 0.25) is 0 Å². The monoisotopic (exact) mass is 471 g/mol. The number of allylic oxidation sites excluding steroid dienone is 2. The van der Waals surface area contributed by atoms with Gasteiger partial charge in [0.15, 0.2) is 4.32 Å². The number of thioether (sulfide) groups is 1. The van der Waals surface area contributed by atoms with E-state index in [0.29, 0.717) is 16.0 Å². The molecule has 4 rings (SSSR count). The molecule has 0 bridgehead atoms. The van der Waals surface area contributed by atoms with E-state index in [1.165, 1.54) is 17.0 Å². The molecule has 158 valence electrons. The van der Waals surface area contributed by atoms with Crippen LogP contribution in [0.5, 0.6) is 0 Å². The van der Waals surface area contributed by atoms with Crippen molar-refractivity contribution >= 4 is 63.2 Å². The number of thiocarbonyl (C=S) groups is 1. The molecule has 10 heteroatoms. The minimum atomic E-state index is -0.460. The molecule has 1 aromatic carbocycles. The highest BCUT2D eigenvalue weighted by Gasteiger charge is 2.34. The third kappa shape index (κ3) is 4.46. The summed E-state index contributed by atoms with van der Waals surface area (Å²) in [5, 5.41) is 14.0. The van der Waals surface area contributed by atoms with Crippen LogP contribution in [0.3, 0.4) is 0 Å². The van der Waals surface area contributed by atoms with Crippen molar-refractivity contribution in [2.75, 3.05) is 0 Å². The summed E-state index contributed by atoms with van der Waals surface area (Å²) in [6.45, 7) is 0. The molecule has 1 aliphatic heterocycles. The lowest BCUT2D eigenvalue weighted by Crippen LogP contribution is -2.45. The number of thiophene rings is 1. The number of hydrazine groups is 1. The minimum absolute atomic E-state index is 0.0222. The summed E-state index contributed by atoms with van der Waals surface area (Å²) < 4.78 is 0.229. The number of amides is 2. The van der Waals surface area contributed by atoms with Crippen LogP contribution < -0.4 is 5.43 Å². The number of aryl methyl sites for hydroxylation is 1. The number of fused-ring (bicyclic) bond motifs is 1. The van der Waals surface area contributed by atoms with E-state index in [1.54, 1.807) is 41.7 Å². The number of carbonyl (C=O) groups excluding carboxylic acids is 2. The van der Waals surface area contributed by atoms with Crippen molar-refractivity contribution in [2.45, 2.75) is 25.7 Å². The Labute approximate surface area is 191 Å². The van der Waals surface area contributed by atoms with Crippen molar-refractivity contribution in [1.29, 1.82) is 0 Å². The smallest absolute Gasteiger partial charge is 0.267 e. The topological polar surface area (TPSA) is 92.6 Å². The van der Waals surface area contributed by atoms with Crippen LogP contribution in [0.15, 0.2) is 46.7 Å². The number of carbonyl (C=O) groups is 2. The van der Waals surface area contributed by atoms with Gasteiger partial charge in [-0.2, -0.15) is 5.01 Å². The molecule has 1 N–H and O–H groups in total. The fourth-order valence-electron chi connectivity index (χ4n) is 3.46. The molecule has 2 heterocycles. The molecule has 2 aliphatic rings. The van der Waals surface area contributed by atoms with Crippen LogP contribution in [-0.2, 0) is 17.6 Å². The minimum Gasteiger partial charge on any atom is -0.267 e. The maximum absolute atomic E-state index is 12.8. The van der Waals surface area contributed by atoms with Crippen molar-refractivity contribution in [3.8, 4) is 0 Å². The maximum atomic E-state index is 12.8. The fourth-order valence-corrected chi connectivity index (χ4v) is 5.72. The van der Waals surface area contributed by atoms with Gasteiger partial charge >= 0.3 is 0 Å². The highest BCUT2D eigenvalue weighted by Crippen LogP contribution is 2.32. The average Bonchev–Trinajstić information content (AvgIpc) is 3.30. The third-order valence-corrected chi connectivity index (χ3v) is 7.38. The van der Waals surface area contributed by atoms with Gasteiger partial charge in [-0.3, -0.25) is 25.1 Å². The Balaban J connectivity index is 1.47. The summed E-state index contributed by atoms with van der Waals surface area (Å²) in [5.74, 6) is -0.771. The summed E-state index contributed by atoms with van der Waals surface area (Å²) in [6, 6.07) is 6.33. The van der Waals surface area contributed by atoms with Crippen molar-refractivity contribution in [2.24, 2.45) is 0 Å². The SMILES string of the molecule is O=C(NN1C(=O)/C(=C/C=C/c2ccccc2[N+](=O)[O-])SC1=S)c1csc2c1CCCC2. The lowest BCUT2D eigenvalue weighted by atomic mass is 9.96. The first kappa shape index (κ1) is 21.4. The van der Waals surface area contributed by atoms with Gasteiger partial charge in [0.05, 0.1) is 21.0 Å². The number of rotatable bonds is 5. The predicted molar refractivity (Wildman–Crippen MR) is 126 cm³/mol. The molecule has 0 unspecified atom stereocenters. The summed E-state index contributed by atoms with van der Waals surface area (Å²) in [4.78, 5) is 37.7. The number of nitro benzene ring substituents is 1. The van der Waals surface area contributed by atoms with Crippen molar-refractivity contribution in [3.05, 3.63) is 78.4 Å². The van der Waals surface area contributed by atoms with E-state index < -0.39 is 10.8 Å². The van der Waals surface area contributed by atoms with Crippen LogP contribution in [0.1, 0.15) is 39.2 Å². The Morgan fingerprint density at radius 1 is 1.26 bits per heavy atom. The highest BCUT2D eigenvalue weighted by molar-refractivity contribution is 8.26. The molecule has 0 spiro atoms. The lowest BCUT2D eigenvalue weighted by Gasteiger charge is -2.17. The molecule has 1 saturated heterocycles. The van der Waals surface area contributed by atoms with Crippen molar-refractivity contribution in [3.63, 3.8) is 0 Å². The van der Waals surface area contributed by atoms with Crippen LogP contribution in [-0.4, -0.2) is 26.1 Å². The average molecular weight is 472 g/mol. The second-order valence-electron chi connectivity index (χ2n) is 6.91. The number of hydrogen-bond donors (Lipinski definition) is 1. The number of hydrogen-bond acceptors (Lipinski definition) is 7. The molecule has 7 nitrogen and oxygen atoms in total. The molecule has 2 aromatic rings. The van der Waals surface area contributed by atoms with Gasteiger partial charge < -0.3 is 0 Å². The molecule has 2 amide bonds. The van der Waals surface area contributed by atoms with Crippen LogP contribution in [0, 0.1) is 10.1 Å². The van der Waals surface area contributed by atoms with Gasteiger partial charge in [-0.05, 0) is 61.7 Å². The summed E-state index contributed by atoms with van der Waals surface area (Å²) >= 11 is 7.91. The Bertz CT molecular complexity index is 1150. The molecule has 0 atom stereocenters. The second kappa shape index (κ2) is 9.13. The molecule has 1 aromatic heterocycles. The number of benzene rings is 1. The number of para-hydroxylation sites is 1. The van der Waals surface area contributed by atoms with Gasteiger partial charge in [-0.1, -0.05) is 30.0 Å². The van der Waals surface area contributed by atoms with E-state index in [4.69, 9.17) is 12.2 Å².